The lowest BCUT2D eigenvalue weighted by Crippen LogP contribution is -2.19. The molecular weight excluding hydrogens is 255 g/mol. The molecule has 0 aliphatic rings. The maximum Gasteiger partial charge on any atom is 0.271 e. The molecule has 0 saturated carbocycles. The summed E-state index contributed by atoms with van der Waals surface area (Å²) in [5.41, 5.74) is 5.64. The van der Waals surface area contributed by atoms with E-state index in [0.717, 1.165) is 11.1 Å². The number of rotatable bonds is 3. The van der Waals surface area contributed by atoms with Crippen LogP contribution in [0.15, 0.2) is 53.6 Å². The fraction of sp³-hybridized carbons (Fsp3) is 0.125. The van der Waals surface area contributed by atoms with Gasteiger partial charge >= 0.3 is 0 Å². The third kappa shape index (κ3) is 3.51. The fourth-order valence-electron chi connectivity index (χ4n) is 1.66. The Hall–Kier alpha value is -2.49. The van der Waals surface area contributed by atoms with Gasteiger partial charge in [-0.1, -0.05) is 29.8 Å². The van der Waals surface area contributed by atoms with E-state index in [1.807, 2.05) is 38.1 Å². The Labute approximate surface area is 117 Å². The largest absolute Gasteiger partial charge is 0.271 e. The Bertz CT molecular complexity index is 631. The molecule has 0 radical (unpaired) electrons. The SMILES string of the molecule is C/C(=N\NC(=O)c1ccc(F)cc1)c1ccc(C)cc1. The maximum atomic E-state index is 12.8. The van der Waals surface area contributed by atoms with Gasteiger partial charge in [0.05, 0.1) is 5.71 Å². The molecule has 0 bridgehead atoms. The summed E-state index contributed by atoms with van der Waals surface area (Å²) in [5.74, 6) is -0.739. The molecule has 0 fully saturated rings. The Kier molecular flexibility index (Phi) is 4.25. The van der Waals surface area contributed by atoms with Crippen molar-refractivity contribution in [3.63, 3.8) is 0 Å². The van der Waals surface area contributed by atoms with Gasteiger partial charge in [-0.05, 0) is 43.7 Å². The molecule has 0 aliphatic heterocycles. The number of benzene rings is 2. The van der Waals surface area contributed by atoms with Crippen LogP contribution in [0.5, 0.6) is 0 Å². The molecule has 20 heavy (non-hydrogen) atoms. The van der Waals surface area contributed by atoms with Gasteiger partial charge in [-0.2, -0.15) is 5.10 Å². The van der Waals surface area contributed by atoms with E-state index in [-0.39, 0.29) is 11.7 Å². The molecule has 0 atom stereocenters. The highest BCUT2D eigenvalue weighted by Crippen LogP contribution is 2.05. The zero-order chi connectivity index (χ0) is 14.5. The molecule has 0 unspecified atom stereocenters. The summed E-state index contributed by atoms with van der Waals surface area (Å²) in [6, 6.07) is 13.2. The highest BCUT2D eigenvalue weighted by molar-refractivity contribution is 6.00. The van der Waals surface area contributed by atoms with Crippen molar-refractivity contribution in [2.75, 3.05) is 0 Å². The average Bonchev–Trinajstić information content (AvgIpc) is 2.46. The quantitative estimate of drug-likeness (QED) is 0.675. The molecule has 2 rings (SSSR count). The summed E-state index contributed by atoms with van der Waals surface area (Å²) in [7, 11) is 0. The molecule has 102 valence electrons. The molecule has 0 heterocycles. The van der Waals surface area contributed by atoms with Crippen molar-refractivity contribution in [1.82, 2.24) is 5.43 Å². The molecule has 0 aliphatic carbocycles. The van der Waals surface area contributed by atoms with Crippen LogP contribution in [0.2, 0.25) is 0 Å². The highest BCUT2D eigenvalue weighted by atomic mass is 19.1. The number of hydrogen-bond donors (Lipinski definition) is 1. The van der Waals surface area contributed by atoms with Crippen molar-refractivity contribution in [3.8, 4) is 0 Å². The van der Waals surface area contributed by atoms with Crippen molar-refractivity contribution in [2.45, 2.75) is 13.8 Å². The standard InChI is InChI=1S/C16H15FN2O/c1-11-3-5-13(6-4-11)12(2)18-19-16(20)14-7-9-15(17)10-8-14/h3-10H,1-2H3,(H,19,20)/b18-12+. The van der Waals surface area contributed by atoms with Crippen molar-refractivity contribution < 1.29 is 9.18 Å². The second-order valence-electron chi connectivity index (χ2n) is 4.51. The lowest BCUT2D eigenvalue weighted by atomic mass is 10.1. The molecule has 3 nitrogen and oxygen atoms in total. The van der Waals surface area contributed by atoms with Crippen molar-refractivity contribution in [2.24, 2.45) is 5.10 Å². The first-order valence-electron chi connectivity index (χ1n) is 6.23. The van der Waals surface area contributed by atoms with E-state index < -0.39 is 0 Å². The number of halogens is 1. The second-order valence-corrected chi connectivity index (χ2v) is 4.51. The minimum atomic E-state index is -0.374. The lowest BCUT2D eigenvalue weighted by molar-refractivity contribution is 0.0955. The lowest BCUT2D eigenvalue weighted by Gasteiger charge is -2.03. The summed E-state index contributed by atoms with van der Waals surface area (Å²) >= 11 is 0. The predicted octanol–water partition coefficient (Wildman–Crippen LogP) is 3.29. The van der Waals surface area contributed by atoms with E-state index in [1.165, 1.54) is 24.3 Å². The first-order valence-corrected chi connectivity index (χ1v) is 6.23. The monoisotopic (exact) mass is 270 g/mol. The number of hydrazone groups is 1. The number of nitrogens with one attached hydrogen (secondary N) is 1. The van der Waals surface area contributed by atoms with Crippen molar-refractivity contribution >= 4 is 11.6 Å². The third-order valence-corrected chi connectivity index (χ3v) is 2.90. The van der Waals surface area contributed by atoms with Crippen LogP contribution >= 0.6 is 0 Å². The Morgan fingerprint density at radius 2 is 1.55 bits per heavy atom. The average molecular weight is 270 g/mol. The minimum absolute atomic E-state index is 0.364. The molecule has 1 N–H and O–H groups in total. The van der Waals surface area contributed by atoms with Crippen LogP contribution in [0.4, 0.5) is 4.39 Å². The number of hydrogen-bond acceptors (Lipinski definition) is 2. The van der Waals surface area contributed by atoms with Gasteiger partial charge in [-0.15, -0.1) is 0 Å². The summed E-state index contributed by atoms with van der Waals surface area (Å²) < 4.78 is 12.8. The van der Waals surface area contributed by atoms with Gasteiger partial charge < -0.3 is 0 Å². The van der Waals surface area contributed by atoms with Gasteiger partial charge in [0, 0.05) is 5.56 Å². The normalized spacial score (nSPS) is 11.2. The Balaban J connectivity index is 2.06. The van der Waals surface area contributed by atoms with E-state index >= 15 is 0 Å². The highest BCUT2D eigenvalue weighted by Gasteiger charge is 2.04. The molecule has 2 aromatic carbocycles. The molecule has 2 aromatic rings. The molecule has 0 saturated heterocycles. The first kappa shape index (κ1) is 13.9. The van der Waals surface area contributed by atoms with Crippen LogP contribution in [-0.4, -0.2) is 11.6 Å². The van der Waals surface area contributed by atoms with E-state index in [9.17, 15) is 9.18 Å². The Morgan fingerprint density at radius 1 is 1.00 bits per heavy atom. The van der Waals surface area contributed by atoms with Gasteiger partial charge in [-0.25, -0.2) is 9.82 Å². The zero-order valence-corrected chi connectivity index (χ0v) is 11.4. The van der Waals surface area contributed by atoms with Crippen LogP contribution in [0.1, 0.15) is 28.4 Å². The Morgan fingerprint density at radius 3 is 2.15 bits per heavy atom. The molecular formula is C16H15FN2O. The van der Waals surface area contributed by atoms with Gasteiger partial charge in [0.2, 0.25) is 0 Å². The number of amides is 1. The predicted molar refractivity (Wildman–Crippen MR) is 77.3 cm³/mol. The topological polar surface area (TPSA) is 41.5 Å². The van der Waals surface area contributed by atoms with Gasteiger partial charge in [0.25, 0.3) is 5.91 Å². The van der Waals surface area contributed by atoms with Crippen LogP contribution in [0.3, 0.4) is 0 Å². The third-order valence-electron chi connectivity index (χ3n) is 2.90. The van der Waals surface area contributed by atoms with Crippen LogP contribution in [0, 0.1) is 12.7 Å². The van der Waals surface area contributed by atoms with E-state index in [1.54, 1.807) is 0 Å². The minimum Gasteiger partial charge on any atom is -0.267 e. The van der Waals surface area contributed by atoms with Crippen molar-refractivity contribution in [1.29, 1.82) is 0 Å². The summed E-state index contributed by atoms with van der Waals surface area (Å²) in [6.07, 6.45) is 0. The summed E-state index contributed by atoms with van der Waals surface area (Å²) in [6.45, 7) is 3.82. The number of nitrogens with zero attached hydrogens (tertiary/aromatic N) is 1. The molecule has 4 heteroatoms. The smallest absolute Gasteiger partial charge is 0.267 e. The zero-order valence-electron chi connectivity index (χ0n) is 11.4. The van der Waals surface area contributed by atoms with Gasteiger partial charge in [-0.3, -0.25) is 4.79 Å². The van der Waals surface area contributed by atoms with Gasteiger partial charge in [0.1, 0.15) is 5.82 Å². The van der Waals surface area contributed by atoms with Gasteiger partial charge in [0.15, 0.2) is 0 Å². The van der Waals surface area contributed by atoms with E-state index in [4.69, 9.17) is 0 Å². The maximum absolute atomic E-state index is 12.8. The van der Waals surface area contributed by atoms with E-state index in [0.29, 0.717) is 11.3 Å². The van der Waals surface area contributed by atoms with E-state index in [2.05, 4.69) is 10.5 Å². The fourth-order valence-corrected chi connectivity index (χ4v) is 1.66. The number of aryl methyl sites for hydroxylation is 1. The van der Waals surface area contributed by atoms with Crippen LogP contribution in [0.25, 0.3) is 0 Å². The number of carbonyl (C=O) groups is 1. The van der Waals surface area contributed by atoms with Crippen molar-refractivity contribution in [3.05, 3.63) is 71.0 Å². The summed E-state index contributed by atoms with van der Waals surface area (Å²) in [5, 5.41) is 4.05. The van der Waals surface area contributed by atoms with Crippen LogP contribution in [-0.2, 0) is 0 Å². The summed E-state index contributed by atoms with van der Waals surface area (Å²) in [4.78, 5) is 11.8. The number of carbonyl (C=O) groups excluding carboxylic acids is 1. The molecule has 1 amide bonds. The second kappa shape index (κ2) is 6.10. The first-order chi connectivity index (χ1) is 9.56. The van der Waals surface area contributed by atoms with Crippen LogP contribution < -0.4 is 5.43 Å². The molecule has 0 aromatic heterocycles. The molecule has 0 spiro atoms.